The van der Waals surface area contributed by atoms with Crippen molar-refractivity contribution in [2.75, 3.05) is 14.1 Å². The topological polar surface area (TPSA) is 63.7 Å². The minimum absolute atomic E-state index is 0.0513. The van der Waals surface area contributed by atoms with E-state index in [1.165, 1.54) is 14.1 Å². The van der Waals surface area contributed by atoms with Crippen molar-refractivity contribution in [3.8, 4) is 0 Å². The third-order valence-corrected chi connectivity index (χ3v) is 5.99. The molecule has 3 rings (SSSR count). The van der Waals surface area contributed by atoms with E-state index in [0.29, 0.717) is 0 Å². The molecular formula is C20H18FNO4S. The van der Waals surface area contributed by atoms with Crippen LogP contribution in [0.4, 0.5) is 4.39 Å². The molecule has 0 aliphatic heterocycles. The van der Waals surface area contributed by atoms with Gasteiger partial charge >= 0.3 is 5.97 Å². The monoisotopic (exact) mass is 387 g/mol. The van der Waals surface area contributed by atoms with E-state index in [2.05, 4.69) is 0 Å². The van der Waals surface area contributed by atoms with Crippen LogP contribution < -0.4 is 0 Å². The van der Waals surface area contributed by atoms with Crippen LogP contribution in [0.25, 0.3) is 10.8 Å². The Labute approximate surface area is 157 Å². The Morgan fingerprint density at radius 3 is 2.48 bits per heavy atom. The van der Waals surface area contributed by atoms with Crippen molar-refractivity contribution in [3.63, 3.8) is 0 Å². The number of esters is 1. The number of hydrogen-bond acceptors (Lipinski definition) is 4. The van der Waals surface area contributed by atoms with Gasteiger partial charge in [0.1, 0.15) is 12.4 Å². The average Bonchev–Trinajstić information content (AvgIpc) is 2.66. The van der Waals surface area contributed by atoms with E-state index in [0.717, 1.165) is 38.8 Å². The van der Waals surface area contributed by atoms with Gasteiger partial charge in [0.05, 0.1) is 10.5 Å². The van der Waals surface area contributed by atoms with E-state index in [1.54, 1.807) is 0 Å². The number of ether oxygens (including phenoxy) is 1. The molecule has 0 radical (unpaired) electrons. The summed E-state index contributed by atoms with van der Waals surface area (Å²) in [4.78, 5) is 12.2. The number of halogens is 1. The number of fused-ring (bicyclic) bond motifs is 1. The minimum Gasteiger partial charge on any atom is -0.457 e. The molecule has 0 saturated heterocycles. The Morgan fingerprint density at radius 1 is 1.04 bits per heavy atom. The van der Waals surface area contributed by atoms with Crippen molar-refractivity contribution in [1.82, 2.24) is 4.31 Å². The predicted octanol–water partition coefficient (Wildman–Crippen LogP) is 3.59. The van der Waals surface area contributed by atoms with Crippen LogP contribution in [0.2, 0.25) is 0 Å². The standard InChI is InChI=1S/C20H18FNO4S/c1-22(2)27(24,25)16-10-11-19(21)18(12-16)20(23)26-13-15-8-5-7-14-6-3-4-9-17(14)15/h3-12H,13H2,1-2H3. The third kappa shape index (κ3) is 3.84. The summed E-state index contributed by atoms with van der Waals surface area (Å²) < 4.78 is 44.7. The summed E-state index contributed by atoms with van der Waals surface area (Å²) >= 11 is 0. The van der Waals surface area contributed by atoms with E-state index >= 15 is 0 Å². The zero-order chi connectivity index (χ0) is 19.6. The Kier molecular flexibility index (Phi) is 5.25. The van der Waals surface area contributed by atoms with E-state index in [-0.39, 0.29) is 11.5 Å². The SMILES string of the molecule is CN(C)S(=O)(=O)c1ccc(F)c(C(=O)OCc2cccc3ccccc23)c1. The molecule has 0 aliphatic carbocycles. The summed E-state index contributed by atoms with van der Waals surface area (Å²) in [6, 6.07) is 16.3. The van der Waals surface area contributed by atoms with Crippen LogP contribution in [0.5, 0.6) is 0 Å². The molecule has 0 aromatic heterocycles. The van der Waals surface area contributed by atoms with E-state index < -0.39 is 27.4 Å². The smallest absolute Gasteiger partial charge is 0.341 e. The number of rotatable bonds is 5. The van der Waals surface area contributed by atoms with Gasteiger partial charge in [-0.1, -0.05) is 42.5 Å². The Morgan fingerprint density at radius 2 is 1.74 bits per heavy atom. The molecule has 0 fully saturated rings. The van der Waals surface area contributed by atoms with Gasteiger partial charge in [0, 0.05) is 14.1 Å². The summed E-state index contributed by atoms with van der Waals surface area (Å²) in [5.41, 5.74) is 0.358. The Balaban J connectivity index is 1.86. The normalized spacial score (nSPS) is 11.7. The lowest BCUT2D eigenvalue weighted by molar-refractivity contribution is 0.0468. The molecule has 3 aromatic carbocycles. The molecule has 0 bridgehead atoms. The van der Waals surface area contributed by atoms with Crippen LogP contribution in [0, 0.1) is 5.82 Å². The first-order valence-electron chi connectivity index (χ1n) is 8.16. The lowest BCUT2D eigenvalue weighted by Gasteiger charge is -2.13. The third-order valence-electron chi connectivity index (χ3n) is 4.18. The van der Waals surface area contributed by atoms with E-state index in [4.69, 9.17) is 4.74 Å². The molecule has 5 nitrogen and oxygen atoms in total. The number of hydrogen-bond donors (Lipinski definition) is 0. The van der Waals surface area contributed by atoms with Crippen LogP contribution in [-0.4, -0.2) is 32.8 Å². The number of benzene rings is 3. The maximum atomic E-state index is 14.1. The molecule has 140 valence electrons. The summed E-state index contributed by atoms with van der Waals surface area (Å²) in [7, 11) is -1.07. The van der Waals surface area contributed by atoms with Crippen molar-refractivity contribution in [2.45, 2.75) is 11.5 Å². The van der Waals surface area contributed by atoms with Crippen LogP contribution in [-0.2, 0) is 21.4 Å². The molecule has 0 heterocycles. The van der Waals surface area contributed by atoms with Crippen molar-refractivity contribution in [2.24, 2.45) is 0 Å². The van der Waals surface area contributed by atoms with Gasteiger partial charge in [-0.15, -0.1) is 0 Å². The first-order valence-corrected chi connectivity index (χ1v) is 9.60. The van der Waals surface area contributed by atoms with Gasteiger partial charge in [-0.25, -0.2) is 21.9 Å². The van der Waals surface area contributed by atoms with Crippen LogP contribution in [0.3, 0.4) is 0 Å². The summed E-state index contributed by atoms with van der Waals surface area (Å²) in [5.74, 6) is -1.76. The summed E-state index contributed by atoms with van der Waals surface area (Å²) in [6.45, 7) is -0.0513. The second-order valence-corrected chi connectivity index (χ2v) is 8.30. The van der Waals surface area contributed by atoms with Crippen LogP contribution in [0.1, 0.15) is 15.9 Å². The fourth-order valence-corrected chi connectivity index (χ4v) is 3.60. The van der Waals surface area contributed by atoms with Gasteiger partial charge in [0.2, 0.25) is 10.0 Å². The highest BCUT2D eigenvalue weighted by molar-refractivity contribution is 7.89. The lowest BCUT2D eigenvalue weighted by atomic mass is 10.1. The second kappa shape index (κ2) is 7.46. The highest BCUT2D eigenvalue weighted by Crippen LogP contribution is 2.21. The molecule has 0 amide bonds. The molecule has 7 heteroatoms. The molecule has 0 N–H and O–H groups in total. The molecule has 3 aromatic rings. The van der Waals surface area contributed by atoms with Gasteiger partial charge < -0.3 is 4.74 Å². The molecular weight excluding hydrogens is 369 g/mol. The zero-order valence-corrected chi connectivity index (χ0v) is 15.7. The lowest BCUT2D eigenvalue weighted by Crippen LogP contribution is -2.22. The maximum Gasteiger partial charge on any atom is 0.341 e. The second-order valence-electron chi connectivity index (χ2n) is 6.14. The number of carbonyl (C=O) groups excluding carboxylic acids is 1. The fraction of sp³-hybridized carbons (Fsp3) is 0.150. The Bertz CT molecular complexity index is 1100. The van der Waals surface area contributed by atoms with Crippen LogP contribution in [0.15, 0.2) is 65.6 Å². The Hall–Kier alpha value is -2.77. The predicted molar refractivity (Wildman–Crippen MR) is 100 cm³/mol. The minimum atomic E-state index is -3.79. The van der Waals surface area contributed by atoms with E-state index in [1.807, 2.05) is 42.5 Å². The highest BCUT2D eigenvalue weighted by atomic mass is 32.2. The molecule has 27 heavy (non-hydrogen) atoms. The number of carbonyl (C=O) groups is 1. The molecule has 0 saturated carbocycles. The van der Waals surface area contributed by atoms with Gasteiger partial charge in [0.25, 0.3) is 0 Å². The maximum absolute atomic E-state index is 14.1. The largest absolute Gasteiger partial charge is 0.457 e. The first-order chi connectivity index (χ1) is 12.8. The first kappa shape index (κ1) is 19.0. The zero-order valence-electron chi connectivity index (χ0n) is 14.8. The molecule has 0 aliphatic rings. The van der Waals surface area contributed by atoms with Crippen molar-refractivity contribution >= 4 is 26.8 Å². The summed E-state index contributed by atoms with van der Waals surface area (Å²) in [5, 5.41) is 1.92. The molecule has 0 unspecified atom stereocenters. The van der Waals surface area contributed by atoms with Gasteiger partial charge in [-0.2, -0.15) is 0 Å². The quantitative estimate of drug-likeness (QED) is 0.628. The molecule has 0 spiro atoms. The van der Waals surface area contributed by atoms with Gasteiger partial charge in [0.15, 0.2) is 0 Å². The van der Waals surface area contributed by atoms with Crippen molar-refractivity contribution < 1.29 is 22.3 Å². The summed E-state index contributed by atoms with van der Waals surface area (Å²) in [6.07, 6.45) is 0. The molecule has 0 atom stereocenters. The van der Waals surface area contributed by atoms with Crippen LogP contribution >= 0.6 is 0 Å². The van der Waals surface area contributed by atoms with Gasteiger partial charge in [-0.05, 0) is 34.5 Å². The fourth-order valence-electron chi connectivity index (χ4n) is 2.67. The van der Waals surface area contributed by atoms with E-state index in [9.17, 15) is 17.6 Å². The highest BCUT2D eigenvalue weighted by Gasteiger charge is 2.22. The number of nitrogens with zero attached hydrogens (tertiary/aromatic N) is 1. The van der Waals surface area contributed by atoms with Gasteiger partial charge in [-0.3, -0.25) is 0 Å². The van der Waals surface area contributed by atoms with Crippen molar-refractivity contribution in [1.29, 1.82) is 0 Å². The number of sulfonamides is 1. The van der Waals surface area contributed by atoms with Crippen molar-refractivity contribution in [3.05, 3.63) is 77.6 Å². The average molecular weight is 387 g/mol.